The first-order chi connectivity index (χ1) is 14.7. The van der Waals surface area contributed by atoms with E-state index >= 15 is 0 Å². The van der Waals surface area contributed by atoms with E-state index in [-0.39, 0.29) is 24.7 Å². The third-order valence-corrected chi connectivity index (χ3v) is 5.13. The SMILES string of the molecule is CCCCCCCCCCCC(=O)N[C@@H](CC(C)C)C(=O)N[C@@H](CCC(=O)O)C(=O)O. The van der Waals surface area contributed by atoms with Gasteiger partial charge < -0.3 is 20.8 Å². The number of carboxylic acids is 2. The Hall–Kier alpha value is -2.12. The van der Waals surface area contributed by atoms with Crippen molar-refractivity contribution in [3.05, 3.63) is 0 Å². The Labute approximate surface area is 186 Å². The summed E-state index contributed by atoms with van der Waals surface area (Å²) in [5.74, 6) is -3.12. The largest absolute Gasteiger partial charge is 0.481 e. The number of unbranched alkanes of at least 4 members (excludes halogenated alkanes) is 8. The molecule has 0 aliphatic carbocycles. The fourth-order valence-electron chi connectivity index (χ4n) is 3.36. The smallest absolute Gasteiger partial charge is 0.326 e. The summed E-state index contributed by atoms with van der Waals surface area (Å²) in [5, 5.41) is 23.1. The summed E-state index contributed by atoms with van der Waals surface area (Å²) >= 11 is 0. The minimum Gasteiger partial charge on any atom is -0.481 e. The molecule has 4 N–H and O–H groups in total. The number of amides is 2. The molecular formula is C23H42N2O6. The third-order valence-electron chi connectivity index (χ3n) is 5.13. The van der Waals surface area contributed by atoms with Crippen molar-refractivity contribution in [2.45, 2.75) is 116 Å². The van der Waals surface area contributed by atoms with E-state index in [1.165, 1.54) is 38.5 Å². The van der Waals surface area contributed by atoms with E-state index in [0.717, 1.165) is 19.3 Å². The summed E-state index contributed by atoms with van der Waals surface area (Å²) in [6, 6.07) is -2.13. The molecule has 8 heteroatoms. The maximum Gasteiger partial charge on any atom is 0.326 e. The second-order valence-electron chi connectivity index (χ2n) is 8.66. The molecule has 0 saturated heterocycles. The summed E-state index contributed by atoms with van der Waals surface area (Å²) in [7, 11) is 0. The quantitative estimate of drug-likeness (QED) is 0.224. The molecule has 8 nitrogen and oxygen atoms in total. The van der Waals surface area contributed by atoms with Crippen molar-refractivity contribution in [1.82, 2.24) is 10.6 Å². The van der Waals surface area contributed by atoms with Crippen LogP contribution < -0.4 is 10.6 Å². The highest BCUT2D eigenvalue weighted by Crippen LogP contribution is 2.11. The molecule has 2 atom stereocenters. The van der Waals surface area contributed by atoms with Crippen LogP contribution in [0.3, 0.4) is 0 Å². The van der Waals surface area contributed by atoms with Gasteiger partial charge in [0, 0.05) is 12.8 Å². The van der Waals surface area contributed by atoms with E-state index in [9.17, 15) is 24.3 Å². The van der Waals surface area contributed by atoms with E-state index in [2.05, 4.69) is 17.6 Å². The Morgan fingerprint density at radius 3 is 1.77 bits per heavy atom. The lowest BCUT2D eigenvalue weighted by Crippen LogP contribution is -2.52. The van der Waals surface area contributed by atoms with Gasteiger partial charge in [0.05, 0.1) is 0 Å². The van der Waals surface area contributed by atoms with E-state index < -0.39 is 29.9 Å². The number of carboxylic acid groups (broad SMARTS) is 2. The molecule has 0 unspecified atom stereocenters. The topological polar surface area (TPSA) is 133 Å². The zero-order valence-electron chi connectivity index (χ0n) is 19.5. The normalized spacial score (nSPS) is 12.9. The van der Waals surface area contributed by atoms with E-state index in [0.29, 0.717) is 12.8 Å². The Morgan fingerprint density at radius 2 is 1.29 bits per heavy atom. The van der Waals surface area contributed by atoms with Gasteiger partial charge in [-0.25, -0.2) is 4.79 Å². The predicted octanol–water partition coefficient (Wildman–Crippen LogP) is 3.87. The highest BCUT2D eigenvalue weighted by atomic mass is 16.4. The maximum atomic E-state index is 12.6. The predicted molar refractivity (Wildman–Crippen MR) is 120 cm³/mol. The molecule has 180 valence electrons. The fourth-order valence-corrected chi connectivity index (χ4v) is 3.36. The van der Waals surface area contributed by atoms with Gasteiger partial charge >= 0.3 is 11.9 Å². The number of nitrogens with one attached hydrogen (secondary N) is 2. The minimum atomic E-state index is -1.30. The standard InChI is InChI=1S/C23H42N2O6/c1-4-5-6-7-8-9-10-11-12-13-20(26)24-19(16-17(2)3)22(29)25-18(23(30)31)14-15-21(27)28/h17-19H,4-16H2,1-3H3,(H,24,26)(H,25,29)(H,27,28)(H,30,31)/t18-,19-/m0/s1. The van der Waals surface area contributed by atoms with E-state index in [1.807, 2.05) is 13.8 Å². The summed E-state index contributed by atoms with van der Waals surface area (Å²) < 4.78 is 0. The van der Waals surface area contributed by atoms with E-state index in [4.69, 9.17) is 5.11 Å². The lowest BCUT2D eigenvalue weighted by Gasteiger charge is -2.22. The van der Waals surface area contributed by atoms with Crippen LogP contribution in [-0.2, 0) is 19.2 Å². The molecule has 0 heterocycles. The molecule has 0 rings (SSSR count). The van der Waals surface area contributed by atoms with Crippen LogP contribution in [0.15, 0.2) is 0 Å². The van der Waals surface area contributed by atoms with Crippen molar-refractivity contribution in [2.24, 2.45) is 5.92 Å². The molecule has 0 spiro atoms. The van der Waals surface area contributed by atoms with Gasteiger partial charge in [-0.2, -0.15) is 0 Å². The van der Waals surface area contributed by atoms with Crippen LogP contribution in [-0.4, -0.2) is 46.0 Å². The number of aliphatic carboxylic acids is 2. The average Bonchev–Trinajstić information content (AvgIpc) is 2.68. The van der Waals surface area contributed by atoms with Crippen molar-refractivity contribution < 1.29 is 29.4 Å². The van der Waals surface area contributed by atoms with Crippen LogP contribution in [0.5, 0.6) is 0 Å². The highest BCUT2D eigenvalue weighted by Gasteiger charge is 2.27. The van der Waals surface area contributed by atoms with Crippen LogP contribution in [0.4, 0.5) is 0 Å². The van der Waals surface area contributed by atoms with Crippen molar-refractivity contribution in [2.75, 3.05) is 0 Å². The van der Waals surface area contributed by atoms with Gasteiger partial charge in [-0.3, -0.25) is 14.4 Å². The average molecular weight is 443 g/mol. The molecule has 0 aromatic carbocycles. The minimum absolute atomic E-state index is 0.117. The van der Waals surface area contributed by atoms with E-state index in [1.54, 1.807) is 0 Å². The second-order valence-corrected chi connectivity index (χ2v) is 8.66. The van der Waals surface area contributed by atoms with Crippen LogP contribution >= 0.6 is 0 Å². The number of carbonyl (C=O) groups is 4. The van der Waals surface area contributed by atoms with Gasteiger partial charge in [-0.15, -0.1) is 0 Å². The fraction of sp³-hybridized carbons (Fsp3) is 0.826. The molecule has 2 amide bonds. The molecule has 31 heavy (non-hydrogen) atoms. The molecule has 0 aromatic heterocycles. The van der Waals surface area contributed by atoms with Crippen molar-refractivity contribution in [3.8, 4) is 0 Å². The molecule has 0 fully saturated rings. The first-order valence-corrected chi connectivity index (χ1v) is 11.7. The van der Waals surface area contributed by atoms with Gasteiger partial charge in [0.1, 0.15) is 12.1 Å². The summed E-state index contributed by atoms with van der Waals surface area (Å²) in [6.45, 7) is 6.02. The Bertz CT molecular complexity index is 550. The Morgan fingerprint density at radius 1 is 0.742 bits per heavy atom. The first-order valence-electron chi connectivity index (χ1n) is 11.7. The Kier molecular flexibility index (Phi) is 16.3. The number of rotatable bonds is 19. The van der Waals surface area contributed by atoms with Gasteiger partial charge in [0.15, 0.2) is 0 Å². The maximum absolute atomic E-state index is 12.6. The monoisotopic (exact) mass is 442 g/mol. The van der Waals surface area contributed by atoms with Crippen LogP contribution in [0.25, 0.3) is 0 Å². The van der Waals surface area contributed by atoms with Gasteiger partial charge in [0.2, 0.25) is 11.8 Å². The molecule has 0 aliphatic heterocycles. The number of carbonyl (C=O) groups excluding carboxylic acids is 2. The Balaban J connectivity index is 4.43. The van der Waals surface area contributed by atoms with Gasteiger partial charge in [0.25, 0.3) is 0 Å². The molecule has 0 aliphatic rings. The van der Waals surface area contributed by atoms with Gasteiger partial charge in [-0.1, -0.05) is 72.1 Å². The third kappa shape index (κ3) is 16.3. The molecule has 0 radical (unpaired) electrons. The number of hydrogen-bond donors (Lipinski definition) is 4. The number of hydrogen-bond acceptors (Lipinski definition) is 4. The van der Waals surface area contributed by atoms with Gasteiger partial charge in [-0.05, 0) is 25.2 Å². The summed E-state index contributed by atoms with van der Waals surface area (Å²) in [5.41, 5.74) is 0. The second kappa shape index (κ2) is 17.5. The van der Waals surface area contributed by atoms with Crippen molar-refractivity contribution >= 4 is 23.8 Å². The van der Waals surface area contributed by atoms with Crippen molar-refractivity contribution in [1.29, 1.82) is 0 Å². The lowest BCUT2D eigenvalue weighted by molar-refractivity contribution is -0.143. The zero-order valence-corrected chi connectivity index (χ0v) is 19.5. The summed E-state index contributed by atoms with van der Waals surface area (Å²) in [6.07, 6.45) is 10.5. The molecule has 0 aromatic rings. The van der Waals surface area contributed by atoms with Crippen LogP contribution in [0.2, 0.25) is 0 Å². The van der Waals surface area contributed by atoms with Crippen LogP contribution in [0, 0.1) is 5.92 Å². The lowest BCUT2D eigenvalue weighted by atomic mass is 10.0. The molecule has 0 bridgehead atoms. The first kappa shape index (κ1) is 28.9. The zero-order chi connectivity index (χ0) is 23.6. The van der Waals surface area contributed by atoms with Crippen LogP contribution in [0.1, 0.15) is 104 Å². The molecule has 0 saturated carbocycles. The summed E-state index contributed by atoms with van der Waals surface area (Å²) in [4.78, 5) is 46.9. The molecular weight excluding hydrogens is 400 g/mol. The van der Waals surface area contributed by atoms with Crippen molar-refractivity contribution in [3.63, 3.8) is 0 Å². The highest BCUT2D eigenvalue weighted by molar-refractivity contribution is 5.90.